The van der Waals surface area contributed by atoms with Crippen molar-refractivity contribution in [3.05, 3.63) is 12.7 Å². The highest BCUT2D eigenvalue weighted by Crippen LogP contribution is 2.22. The van der Waals surface area contributed by atoms with Crippen LogP contribution in [0.3, 0.4) is 0 Å². The summed E-state index contributed by atoms with van der Waals surface area (Å²) in [4.78, 5) is 4.61. The molecule has 0 aromatic carbocycles. The van der Waals surface area contributed by atoms with Gasteiger partial charge in [-0.05, 0) is 0 Å². The minimum atomic E-state index is -0.303. The molecule has 1 aliphatic rings. The van der Waals surface area contributed by atoms with Crippen molar-refractivity contribution in [3.8, 4) is 0 Å². The van der Waals surface area contributed by atoms with Crippen LogP contribution in [-0.2, 0) is 9.57 Å². The molecule has 1 fully saturated rings. The van der Waals surface area contributed by atoms with Crippen LogP contribution in [0.4, 0.5) is 0 Å². The maximum atomic E-state index is 8.79. The standard InChI is InChI=1S/C7H13NO3/c1-2-5-3-6(11-8)7(4-9)10-5/h2,5-7,9H,1,3-4,8H2/t5-,6+,7?/m0/s1. The van der Waals surface area contributed by atoms with Crippen LogP contribution < -0.4 is 5.90 Å². The smallest absolute Gasteiger partial charge is 0.110 e. The lowest BCUT2D eigenvalue weighted by Crippen LogP contribution is -2.29. The molecule has 0 spiro atoms. The third-order valence-corrected chi connectivity index (χ3v) is 1.85. The molecule has 0 radical (unpaired) electrons. The molecule has 1 unspecified atom stereocenters. The zero-order valence-corrected chi connectivity index (χ0v) is 6.27. The Morgan fingerprint density at radius 3 is 2.91 bits per heavy atom. The van der Waals surface area contributed by atoms with Crippen LogP contribution in [0.25, 0.3) is 0 Å². The van der Waals surface area contributed by atoms with Crippen molar-refractivity contribution in [2.75, 3.05) is 6.61 Å². The second kappa shape index (κ2) is 3.82. The van der Waals surface area contributed by atoms with E-state index in [1.807, 2.05) is 0 Å². The van der Waals surface area contributed by atoms with E-state index in [-0.39, 0.29) is 24.9 Å². The van der Waals surface area contributed by atoms with Crippen molar-refractivity contribution in [2.45, 2.75) is 24.7 Å². The minimum absolute atomic E-state index is 0.0410. The predicted octanol–water partition coefficient (Wildman–Crippen LogP) is -0.419. The lowest BCUT2D eigenvalue weighted by Gasteiger charge is -2.12. The maximum Gasteiger partial charge on any atom is 0.110 e. The van der Waals surface area contributed by atoms with Gasteiger partial charge in [-0.15, -0.1) is 6.58 Å². The summed E-state index contributed by atoms with van der Waals surface area (Å²) in [5, 5.41) is 8.79. The Morgan fingerprint density at radius 2 is 2.55 bits per heavy atom. The fourth-order valence-electron chi connectivity index (χ4n) is 1.20. The van der Waals surface area contributed by atoms with Crippen molar-refractivity contribution in [3.63, 3.8) is 0 Å². The number of rotatable bonds is 3. The van der Waals surface area contributed by atoms with Crippen LogP contribution in [0, 0.1) is 0 Å². The first-order valence-corrected chi connectivity index (χ1v) is 3.56. The molecule has 1 heterocycles. The predicted molar refractivity (Wildman–Crippen MR) is 39.6 cm³/mol. The van der Waals surface area contributed by atoms with Crippen LogP contribution in [0.15, 0.2) is 12.7 Å². The molecule has 0 aromatic heterocycles. The van der Waals surface area contributed by atoms with Crippen molar-refractivity contribution in [1.29, 1.82) is 0 Å². The van der Waals surface area contributed by atoms with Gasteiger partial charge < -0.3 is 9.84 Å². The molecule has 0 aromatic rings. The van der Waals surface area contributed by atoms with Gasteiger partial charge in [0.25, 0.3) is 0 Å². The quantitative estimate of drug-likeness (QED) is 0.433. The highest BCUT2D eigenvalue weighted by molar-refractivity contribution is 4.91. The number of hydrogen-bond acceptors (Lipinski definition) is 4. The number of ether oxygens (including phenoxy) is 1. The SMILES string of the molecule is C=C[C@H]1C[C@@H](ON)C(CO)O1. The van der Waals surface area contributed by atoms with Gasteiger partial charge in [-0.1, -0.05) is 6.08 Å². The van der Waals surface area contributed by atoms with Crippen LogP contribution in [0.2, 0.25) is 0 Å². The molecule has 0 saturated carbocycles. The molecule has 1 rings (SSSR count). The van der Waals surface area contributed by atoms with Gasteiger partial charge in [0.05, 0.1) is 12.7 Å². The normalized spacial score (nSPS) is 37.5. The lowest BCUT2D eigenvalue weighted by atomic mass is 10.1. The fourth-order valence-corrected chi connectivity index (χ4v) is 1.20. The average molecular weight is 159 g/mol. The molecule has 1 saturated heterocycles. The Hall–Kier alpha value is -0.420. The second-order valence-corrected chi connectivity index (χ2v) is 2.54. The van der Waals surface area contributed by atoms with Gasteiger partial charge in [0.1, 0.15) is 12.2 Å². The maximum absolute atomic E-state index is 8.79. The van der Waals surface area contributed by atoms with E-state index in [9.17, 15) is 0 Å². The van der Waals surface area contributed by atoms with Gasteiger partial charge in [0.2, 0.25) is 0 Å². The molecular weight excluding hydrogens is 146 g/mol. The van der Waals surface area contributed by atoms with Gasteiger partial charge in [-0.3, -0.25) is 4.84 Å². The van der Waals surface area contributed by atoms with Crippen LogP contribution in [-0.4, -0.2) is 30.0 Å². The highest BCUT2D eigenvalue weighted by Gasteiger charge is 2.33. The van der Waals surface area contributed by atoms with E-state index in [4.69, 9.17) is 15.7 Å². The Balaban J connectivity index is 2.47. The molecule has 0 bridgehead atoms. The monoisotopic (exact) mass is 159 g/mol. The van der Waals surface area contributed by atoms with Gasteiger partial charge in [-0.25, -0.2) is 5.90 Å². The molecule has 4 heteroatoms. The molecule has 0 aliphatic carbocycles. The first-order chi connectivity index (χ1) is 5.31. The fraction of sp³-hybridized carbons (Fsp3) is 0.714. The zero-order chi connectivity index (χ0) is 8.27. The van der Waals surface area contributed by atoms with Crippen LogP contribution in [0.1, 0.15) is 6.42 Å². The van der Waals surface area contributed by atoms with E-state index in [1.165, 1.54) is 0 Å². The average Bonchev–Trinajstić information content (AvgIpc) is 2.46. The zero-order valence-electron chi connectivity index (χ0n) is 6.27. The van der Waals surface area contributed by atoms with E-state index in [2.05, 4.69) is 11.4 Å². The third kappa shape index (κ3) is 1.78. The summed E-state index contributed by atoms with van der Waals surface area (Å²) in [5.41, 5.74) is 0. The lowest BCUT2D eigenvalue weighted by molar-refractivity contribution is -0.0417. The molecule has 4 nitrogen and oxygen atoms in total. The van der Waals surface area contributed by atoms with Gasteiger partial charge in [0, 0.05) is 6.42 Å². The van der Waals surface area contributed by atoms with E-state index in [1.54, 1.807) is 6.08 Å². The van der Waals surface area contributed by atoms with Crippen molar-refractivity contribution in [1.82, 2.24) is 0 Å². The molecule has 3 N–H and O–H groups in total. The first-order valence-electron chi connectivity index (χ1n) is 3.56. The Bertz CT molecular complexity index is 128. The number of aliphatic hydroxyl groups is 1. The van der Waals surface area contributed by atoms with Crippen LogP contribution in [0.5, 0.6) is 0 Å². The third-order valence-electron chi connectivity index (χ3n) is 1.85. The first kappa shape index (κ1) is 8.67. The van der Waals surface area contributed by atoms with Gasteiger partial charge in [0.15, 0.2) is 0 Å². The molecule has 64 valence electrons. The summed E-state index contributed by atoms with van der Waals surface area (Å²) in [6, 6.07) is 0. The molecule has 3 atom stereocenters. The summed E-state index contributed by atoms with van der Waals surface area (Å²) in [5.74, 6) is 4.99. The molecule has 1 aliphatic heterocycles. The summed E-state index contributed by atoms with van der Waals surface area (Å²) in [7, 11) is 0. The van der Waals surface area contributed by atoms with Gasteiger partial charge in [-0.2, -0.15) is 0 Å². The van der Waals surface area contributed by atoms with Gasteiger partial charge >= 0.3 is 0 Å². The number of nitrogens with two attached hydrogens (primary N) is 1. The van der Waals surface area contributed by atoms with Crippen molar-refractivity contribution in [2.24, 2.45) is 5.90 Å². The topological polar surface area (TPSA) is 64.7 Å². The second-order valence-electron chi connectivity index (χ2n) is 2.54. The van der Waals surface area contributed by atoms with Crippen molar-refractivity contribution < 1.29 is 14.7 Å². The van der Waals surface area contributed by atoms with E-state index in [0.717, 1.165) is 0 Å². The summed E-state index contributed by atoms with van der Waals surface area (Å²) in [6.07, 6.45) is 1.80. The Kier molecular flexibility index (Phi) is 3.02. The number of aliphatic hydroxyl groups excluding tert-OH is 1. The Labute approximate surface area is 65.5 Å². The van der Waals surface area contributed by atoms with E-state index in [0.29, 0.717) is 6.42 Å². The van der Waals surface area contributed by atoms with Crippen LogP contribution >= 0.6 is 0 Å². The highest BCUT2D eigenvalue weighted by atomic mass is 16.6. The summed E-state index contributed by atoms with van der Waals surface area (Å²) < 4.78 is 5.29. The minimum Gasteiger partial charge on any atom is -0.394 e. The van der Waals surface area contributed by atoms with E-state index >= 15 is 0 Å². The Morgan fingerprint density at radius 1 is 1.82 bits per heavy atom. The molecule has 0 amide bonds. The molecule has 11 heavy (non-hydrogen) atoms. The van der Waals surface area contributed by atoms with Crippen molar-refractivity contribution >= 4 is 0 Å². The molecular formula is C7H13NO3. The number of hydrogen-bond donors (Lipinski definition) is 2. The summed E-state index contributed by atoms with van der Waals surface area (Å²) >= 11 is 0. The summed E-state index contributed by atoms with van der Waals surface area (Å²) in [6.45, 7) is 3.51. The van der Waals surface area contributed by atoms with E-state index < -0.39 is 0 Å². The largest absolute Gasteiger partial charge is 0.394 e.